The van der Waals surface area contributed by atoms with E-state index in [9.17, 15) is 9.18 Å². The number of hydrogen-bond donors (Lipinski definition) is 1. The zero-order valence-corrected chi connectivity index (χ0v) is 20.9. The van der Waals surface area contributed by atoms with Crippen LogP contribution < -0.4 is 10.1 Å². The van der Waals surface area contributed by atoms with E-state index >= 15 is 0 Å². The molecule has 0 bridgehead atoms. The minimum absolute atomic E-state index is 0.0872. The topological polar surface area (TPSA) is 69.0 Å². The molecule has 0 atom stereocenters. The maximum Gasteiger partial charge on any atom is 0.234 e. The molecule has 0 saturated carbocycles. The number of nitrogens with zero attached hydrogens (tertiary/aromatic N) is 3. The lowest BCUT2D eigenvalue weighted by atomic mass is 10.0. The molecule has 1 heterocycles. The first kappa shape index (κ1) is 24.3. The predicted molar refractivity (Wildman–Crippen MR) is 129 cm³/mol. The van der Waals surface area contributed by atoms with Gasteiger partial charge in [-0.1, -0.05) is 53.7 Å². The van der Waals surface area contributed by atoms with Crippen LogP contribution in [0, 0.1) is 12.7 Å². The fourth-order valence-electron chi connectivity index (χ4n) is 3.14. The Labute approximate surface area is 200 Å². The molecular formula is C23H26BrFN4O2S. The number of rotatable bonds is 9. The van der Waals surface area contributed by atoms with Gasteiger partial charge in [-0.05, 0) is 55.2 Å². The third-order valence-corrected chi connectivity index (χ3v) is 6.26. The van der Waals surface area contributed by atoms with Crippen molar-refractivity contribution in [2.24, 2.45) is 0 Å². The van der Waals surface area contributed by atoms with Crippen molar-refractivity contribution in [1.29, 1.82) is 0 Å². The van der Waals surface area contributed by atoms with Gasteiger partial charge in [-0.15, -0.1) is 10.2 Å². The van der Waals surface area contributed by atoms with Crippen LogP contribution in [0.15, 0.2) is 46.0 Å². The summed E-state index contributed by atoms with van der Waals surface area (Å²) in [5.41, 5.74) is 2.42. The first-order chi connectivity index (χ1) is 15.3. The van der Waals surface area contributed by atoms with Crippen LogP contribution in [0.5, 0.6) is 5.75 Å². The number of amides is 1. The van der Waals surface area contributed by atoms with E-state index in [1.807, 2.05) is 24.5 Å². The Morgan fingerprint density at radius 3 is 2.72 bits per heavy atom. The molecule has 1 N–H and O–H groups in total. The van der Waals surface area contributed by atoms with Gasteiger partial charge in [0, 0.05) is 11.0 Å². The summed E-state index contributed by atoms with van der Waals surface area (Å²) in [4.78, 5) is 12.3. The second kappa shape index (κ2) is 11.0. The Kier molecular flexibility index (Phi) is 8.31. The molecule has 3 aromatic rings. The van der Waals surface area contributed by atoms with Gasteiger partial charge in [-0.25, -0.2) is 4.39 Å². The first-order valence-electron chi connectivity index (χ1n) is 10.3. The molecule has 0 aliphatic rings. The lowest BCUT2D eigenvalue weighted by Gasteiger charge is -2.15. The molecule has 170 valence electrons. The summed E-state index contributed by atoms with van der Waals surface area (Å²) in [7, 11) is 0. The second-order valence-corrected chi connectivity index (χ2v) is 9.45. The van der Waals surface area contributed by atoms with Crippen LogP contribution in [0.25, 0.3) is 0 Å². The largest absolute Gasteiger partial charge is 0.485 e. The first-order valence-corrected chi connectivity index (χ1v) is 12.1. The summed E-state index contributed by atoms with van der Waals surface area (Å²) in [6.45, 7) is 9.20. The maximum atomic E-state index is 13.9. The van der Waals surface area contributed by atoms with Gasteiger partial charge in [-0.3, -0.25) is 4.79 Å². The van der Waals surface area contributed by atoms with Crippen molar-refractivity contribution in [2.45, 2.75) is 51.9 Å². The van der Waals surface area contributed by atoms with Crippen LogP contribution >= 0.6 is 27.7 Å². The molecule has 0 unspecified atom stereocenters. The molecule has 3 rings (SSSR count). The average Bonchev–Trinajstić information content (AvgIpc) is 3.14. The number of nitrogens with one attached hydrogen (secondary N) is 1. The third-order valence-electron chi connectivity index (χ3n) is 4.80. The average molecular weight is 521 g/mol. The van der Waals surface area contributed by atoms with Crippen LogP contribution in [0.2, 0.25) is 0 Å². The smallest absolute Gasteiger partial charge is 0.234 e. The lowest BCUT2D eigenvalue weighted by Crippen LogP contribution is -2.16. The molecule has 0 radical (unpaired) electrons. The molecular weight excluding hydrogens is 495 g/mol. The number of benzene rings is 2. The van der Waals surface area contributed by atoms with Crippen LogP contribution in [0.4, 0.5) is 10.1 Å². The number of anilines is 1. The summed E-state index contributed by atoms with van der Waals surface area (Å²) in [5, 5.41) is 11.7. The van der Waals surface area contributed by atoms with E-state index in [4.69, 9.17) is 4.74 Å². The molecule has 0 fully saturated rings. The second-order valence-electron chi connectivity index (χ2n) is 7.59. The fourth-order valence-corrected chi connectivity index (χ4v) is 4.30. The van der Waals surface area contributed by atoms with E-state index in [0.717, 1.165) is 16.9 Å². The van der Waals surface area contributed by atoms with Gasteiger partial charge in [0.2, 0.25) is 5.91 Å². The number of aromatic nitrogens is 3. The van der Waals surface area contributed by atoms with E-state index in [1.165, 1.54) is 23.9 Å². The van der Waals surface area contributed by atoms with Crippen LogP contribution in [0.3, 0.4) is 0 Å². The molecule has 0 spiro atoms. The Bertz CT molecular complexity index is 1100. The van der Waals surface area contributed by atoms with Crippen molar-refractivity contribution < 1.29 is 13.9 Å². The summed E-state index contributed by atoms with van der Waals surface area (Å²) in [6.07, 6.45) is 0. The van der Waals surface area contributed by atoms with Gasteiger partial charge in [-0.2, -0.15) is 0 Å². The highest BCUT2D eigenvalue weighted by molar-refractivity contribution is 9.10. The Balaban J connectivity index is 1.64. The van der Waals surface area contributed by atoms with Crippen LogP contribution in [0.1, 0.15) is 43.6 Å². The highest BCUT2D eigenvalue weighted by Gasteiger charge is 2.16. The molecule has 6 nitrogen and oxygen atoms in total. The van der Waals surface area contributed by atoms with Gasteiger partial charge < -0.3 is 14.6 Å². The van der Waals surface area contributed by atoms with Crippen molar-refractivity contribution in [2.75, 3.05) is 11.1 Å². The number of hydrogen-bond acceptors (Lipinski definition) is 5. The molecule has 32 heavy (non-hydrogen) atoms. The van der Waals surface area contributed by atoms with Gasteiger partial charge in [0.1, 0.15) is 18.2 Å². The van der Waals surface area contributed by atoms with Crippen LogP contribution in [-0.2, 0) is 17.9 Å². The standard InChI is InChI=1S/C23H26BrFN4O2S/c1-5-29-21(12-31-20-10-15(4)6-8-17(20)14(2)3)27-28-23(29)32-13-22(30)26-19-9-7-16(24)11-18(19)25/h6-11,14H,5,12-13H2,1-4H3,(H,26,30). The quantitative estimate of drug-likeness (QED) is 0.353. The number of ether oxygens (including phenoxy) is 1. The molecule has 2 aromatic carbocycles. The van der Waals surface area contributed by atoms with Crippen molar-refractivity contribution in [1.82, 2.24) is 14.8 Å². The molecule has 9 heteroatoms. The number of thioether (sulfide) groups is 1. The van der Waals surface area contributed by atoms with Gasteiger partial charge in [0.25, 0.3) is 0 Å². The minimum atomic E-state index is -0.495. The number of halogens is 2. The number of aryl methyl sites for hydroxylation is 1. The normalized spacial score (nSPS) is 11.1. The zero-order valence-electron chi connectivity index (χ0n) is 18.5. The molecule has 1 aromatic heterocycles. The maximum absolute atomic E-state index is 13.9. The van der Waals surface area contributed by atoms with Crippen molar-refractivity contribution in [3.05, 3.63) is 63.6 Å². The van der Waals surface area contributed by atoms with Crippen LogP contribution in [-0.4, -0.2) is 26.4 Å². The highest BCUT2D eigenvalue weighted by Crippen LogP contribution is 2.28. The Morgan fingerprint density at radius 2 is 2.03 bits per heavy atom. The van der Waals surface area contributed by atoms with Crippen molar-refractivity contribution in [3.63, 3.8) is 0 Å². The predicted octanol–water partition coefficient (Wildman–Crippen LogP) is 5.94. The molecule has 0 aliphatic carbocycles. The summed E-state index contributed by atoms with van der Waals surface area (Å²) in [5.74, 6) is 1.15. The van der Waals surface area contributed by atoms with Gasteiger partial charge >= 0.3 is 0 Å². The van der Waals surface area contributed by atoms with E-state index in [-0.39, 0.29) is 24.0 Å². The SMILES string of the molecule is CCn1c(COc2cc(C)ccc2C(C)C)nnc1SCC(=O)Nc1ccc(Br)cc1F. The minimum Gasteiger partial charge on any atom is -0.485 e. The number of carbonyl (C=O) groups excluding carboxylic acids is 1. The van der Waals surface area contributed by atoms with E-state index in [0.29, 0.717) is 27.9 Å². The highest BCUT2D eigenvalue weighted by atomic mass is 79.9. The summed E-state index contributed by atoms with van der Waals surface area (Å²) in [6, 6.07) is 10.7. The van der Waals surface area contributed by atoms with E-state index in [1.54, 1.807) is 6.07 Å². The summed E-state index contributed by atoms with van der Waals surface area (Å²) < 4.78 is 22.6. The molecule has 1 amide bonds. The molecule has 0 aliphatic heterocycles. The lowest BCUT2D eigenvalue weighted by molar-refractivity contribution is -0.113. The number of carbonyl (C=O) groups is 1. The zero-order chi connectivity index (χ0) is 23.3. The van der Waals surface area contributed by atoms with E-state index in [2.05, 4.69) is 57.4 Å². The fraction of sp³-hybridized carbons (Fsp3) is 0.348. The van der Waals surface area contributed by atoms with Gasteiger partial charge in [0.15, 0.2) is 11.0 Å². The summed E-state index contributed by atoms with van der Waals surface area (Å²) >= 11 is 4.45. The third kappa shape index (κ3) is 6.10. The van der Waals surface area contributed by atoms with Crippen molar-refractivity contribution >= 4 is 39.3 Å². The monoisotopic (exact) mass is 520 g/mol. The van der Waals surface area contributed by atoms with Gasteiger partial charge in [0.05, 0.1) is 11.4 Å². The Morgan fingerprint density at radius 1 is 1.25 bits per heavy atom. The Hall–Kier alpha value is -2.39. The van der Waals surface area contributed by atoms with Crippen molar-refractivity contribution in [3.8, 4) is 5.75 Å². The molecule has 0 saturated heterocycles. The van der Waals surface area contributed by atoms with E-state index < -0.39 is 5.82 Å².